The highest BCUT2D eigenvalue weighted by molar-refractivity contribution is 6.19. The highest BCUT2D eigenvalue weighted by Gasteiger charge is 2.37. The lowest BCUT2D eigenvalue weighted by Gasteiger charge is -2.32. The van der Waals surface area contributed by atoms with Crippen molar-refractivity contribution in [2.45, 2.75) is 5.50 Å². The van der Waals surface area contributed by atoms with Crippen LogP contribution >= 0.6 is 11.6 Å². The van der Waals surface area contributed by atoms with Crippen LogP contribution in [0.5, 0.6) is 0 Å². The SMILES string of the molecule is C[N+](OCCO)(OCCO)C(Cl)c1ccccc1. The summed E-state index contributed by atoms with van der Waals surface area (Å²) in [5.41, 5.74) is 0.238. The molecule has 0 spiro atoms. The molecule has 6 heteroatoms. The van der Waals surface area contributed by atoms with E-state index in [1.165, 1.54) is 0 Å². The smallest absolute Gasteiger partial charge is 0.251 e. The molecule has 0 aliphatic heterocycles. The zero-order valence-electron chi connectivity index (χ0n) is 10.3. The molecular formula is C12H19ClNO4+. The molecule has 0 amide bonds. The molecule has 0 saturated carbocycles. The maximum atomic E-state index is 8.82. The Hall–Kier alpha value is -0.690. The van der Waals surface area contributed by atoms with E-state index in [9.17, 15) is 0 Å². The molecule has 1 aromatic rings. The van der Waals surface area contributed by atoms with Crippen LogP contribution in [0.25, 0.3) is 0 Å². The molecule has 0 aliphatic rings. The number of benzene rings is 1. The van der Waals surface area contributed by atoms with Gasteiger partial charge in [0.1, 0.15) is 20.3 Å². The Kier molecular flexibility index (Phi) is 6.56. The van der Waals surface area contributed by atoms with E-state index in [1.54, 1.807) is 7.05 Å². The predicted octanol–water partition coefficient (Wildman–Crippen LogP) is 1.22. The summed E-state index contributed by atoms with van der Waals surface area (Å²) in [6.07, 6.45) is 0. The normalized spacial score (nSPS) is 13.6. The summed E-state index contributed by atoms with van der Waals surface area (Å²) in [6, 6.07) is 9.35. The van der Waals surface area contributed by atoms with Crippen LogP contribution in [0.15, 0.2) is 30.3 Å². The average Bonchev–Trinajstić information content (AvgIpc) is 2.43. The molecule has 0 radical (unpaired) electrons. The van der Waals surface area contributed by atoms with Crippen LogP contribution in [0.4, 0.5) is 0 Å². The standard InChI is InChI=1S/C12H19ClNO4/c1-14(17-9-7-15,18-10-8-16)12(13)11-5-3-2-4-6-11/h2-6,12,15-16H,7-10H2,1H3/q+1. The van der Waals surface area contributed by atoms with Gasteiger partial charge in [-0.1, -0.05) is 30.3 Å². The lowest BCUT2D eigenvalue weighted by Crippen LogP contribution is -2.46. The van der Waals surface area contributed by atoms with Crippen LogP contribution in [0.1, 0.15) is 11.1 Å². The Labute approximate surface area is 112 Å². The lowest BCUT2D eigenvalue weighted by molar-refractivity contribution is -1.25. The number of hydrogen-bond acceptors (Lipinski definition) is 4. The second-order valence-corrected chi connectivity index (χ2v) is 4.18. The number of rotatable bonds is 8. The van der Waals surface area contributed by atoms with E-state index in [4.69, 9.17) is 31.5 Å². The number of quaternary nitrogens is 1. The zero-order chi connectivity index (χ0) is 13.4. The van der Waals surface area contributed by atoms with Gasteiger partial charge in [-0.3, -0.25) is 0 Å². The van der Waals surface area contributed by atoms with Crippen LogP contribution in [-0.4, -0.2) is 48.5 Å². The van der Waals surface area contributed by atoms with Gasteiger partial charge >= 0.3 is 0 Å². The number of hydrogen-bond donors (Lipinski definition) is 2. The van der Waals surface area contributed by atoms with Crippen molar-refractivity contribution < 1.29 is 24.7 Å². The molecule has 1 rings (SSSR count). The summed E-state index contributed by atoms with van der Waals surface area (Å²) in [7, 11) is 1.63. The molecule has 0 saturated heterocycles. The Balaban J connectivity index is 2.80. The van der Waals surface area contributed by atoms with Crippen molar-refractivity contribution in [2.75, 3.05) is 33.5 Å². The molecule has 18 heavy (non-hydrogen) atoms. The molecule has 5 nitrogen and oxygen atoms in total. The summed E-state index contributed by atoms with van der Waals surface area (Å²) in [4.78, 5) is 10.5. The van der Waals surface area contributed by atoms with Crippen molar-refractivity contribution in [2.24, 2.45) is 0 Å². The van der Waals surface area contributed by atoms with Gasteiger partial charge in [-0.15, -0.1) is 0 Å². The second-order valence-electron chi connectivity index (χ2n) is 3.77. The van der Waals surface area contributed by atoms with Gasteiger partial charge < -0.3 is 10.2 Å². The van der Waals surface area contributed by atoms with E-state index in [-0.39, 0.29) is 31.2 Å². The quantitative estimate of drug-likeness (QED) is 0.324. The maximum Gasteiger partial charge on any atom is 0.251 e. The molecule has 102 valence electrons. The van der Waals surface area contributed by atoms with Crippen LogP contribution in [-0.2, 0) is 9.68 Å². The van der Waals surface area contributed by atoms with E-state index in [2.05, 4.69) is 0 Å². The molecule has 1 aromatic carbocycles. The number of alkyl halides is 1. The van der Waals surface area contributed by atoms with Crippen molar-refractivity contribution in [1.29, 1.82) is 0 Å². The molecular weight excluding hydrogens is 258 g/mol. The van der Waals surface area contributed by atoms with Gasteiger partial charge in [-0.05, 0) is 16.4 Å². The van der Waals surface area contributed by atoms with E-state index >= 15 is 0 Å². The van der Waals surface area contributed by atoms with E-state index in [0.717, 1.165) is 5.56 Å². The first kappa shape index (κ1) is 15.4. The van der Waals surface area contributed by atoms with Crippen LogP contribution in [0.2, 0.25) is 0 Å². The molecule has 0 aliphatic carbocycles. The molecule has 0 heterocycles. The summed E-state index contributed by atoms with van der Waals surface area (Å²) in [5, 5.41) is 17.6. The molecule has 1 unspecified atom stereocenters. The zero-order valence-corrected chi connectivity index (χ0v) is 11.1. The van der Waals surface area contributed by atoms with Crippen molar-refractivity contribution in [3.05, 3.63) is 35.9 Å². The number of aliphatic hydroxyl groups is 2. The summed E-state index contributed by atoms with van der Waals surface area (Å²) < 4.78 is 0. The van der Waals surface area contributed by atoms with E-state index in [1.807, 2.05) is 30.3 Å². The minimum absolute atomic E-state index is 0.0952. The van der Waals surface area contributed by atoms with Crippen LogP contribution in [0, 0.1) is 0 Å². The third-order valence-electron chi connectivity index (χ3n) is 2.36. The largest absolute Gasteiger partial charge is 0.394 e. The number of nitrogens with zero attached hydrogens (tertiary/aromatic N) is 1. The molecule has 0 fully saturated rings. The highest BCUT2D eigenvalue weighted by atomic mass is 35.5. The molecule has 2 N–H and O–H groups in total. The molecule has 0 aromatic heterocycles. The fourth-order valence-electron chi connectivity index (χ4n) is 1.49. The number of halogens is 1. The molecule has 0 bridgehead atoms. The van der Waals surface area contributed by atoms with Gasteiger partial charge in [0, 0.05) is 5.56 Å². The van der Waals surface area contributed by atoms with Gasteiger partial charge in [-0.2, -0.15) is 9.68 Å². The van der Waals surface area contributed by atoms with E-state index in [0.29, 0.717) is 0 Å². The topological polar surface area (TPSA) is 58.9 Å². The minimum atomic E-state index is -0.593. The Bertz CT molecular complexity index is 328. The van der Waals surface area contributed by atoms with Gasteiger partial charge in [-0.25, -0.2) is 0 Å². The third kappa shape index (κ3) is 4.20. The van der Waals surface area contributed by atoms with Gasteiger partial charge in [0.05, 0.1) is 13.2 Å². The lowest BCUT2D eigenvalue weighted by atomic mass is 10.2. The van der Waals surface area contributed by atoms with E-state index < -0.39 is 5.50 Å². The molecule has 1 atom stereocenters. The minimum Gasteiger partial charge on any atom is -0.394 e. The van der Waals surface area contributed by atoms with Gasteiger partial charge in [0.2, 0.25) is 0 Å². The Morgan fingerprint density at radius 1 is 1.11 bits per heavy atom. The van der Waals surface area contributed by atoms with Crippen molar-refractivity contribution in [3.63, 3.8) is 0 Å². The highest BCUT2D eigenvalue weighted by Crippen LogP contribution is 2.31. The van der Waals surface area contributed by atoms with Crippen molar-refractivity contribution >= 4 is 11.6 Å². The fraction of sp³-hybridized carbons (Fsp3) is 0.500. The number of hydroxylamine groups is 4. The predicted molar refractivity (Wildman–Crippen MR) is 67.3 cm³/mol. The first-order chi connectivity index (χ1) is 8.64. The van der Waals surface area contributed by atoms with Gasteiger partial charge in [0.25, 0.3) is 5.50 Å². The Morgan fingerprint density at radius 3 is 2.06 bits per heavy atom. The van der Waals surface area contributed by atoms with Gasteiger partial charge in [0.15, 0.2) is 0 Å². The van der Waals surface area contributed by atoms with Crippen LogP contribution < -0.4 is 0 Å². The summed E-state index contributed by atoms with van der Waals surface area (Å²) in [6.45, 7) is -0.0700. The second kappa shape index (κ2) is 7.68. The summed E-state index contributed by atoms with van der Waals surface area (Å²) in [5.74, 6) is 0. The number of aliphatic hydroxyl groups excluding tert-OH is 2. The fourth-order valence-corrected chi connectivity index (χ4v) is 1.75. The van der Waals surface area contributed by atoms with Crippen molar-refractivity contribution in [1.82, 2.24) is 0 Å². The third-order valence-corrected chi connectivity index (χ3v) is 2.97. The Morgan fingerprint density at radius 2 is 1.61 bits per heavy atom. The monoisotopic (exact) mass is 276 g/mol. The maximum absolute atomic E-state index is 8.82. The van der Waals surface area contributed by atoms with Crippen molar-refractivity contribution in [3.8, 4) is 0 Å². The van der Waals surface area contributed by atoms with Crippen LogP contribution in [0.3, 0.4) is 0 Å². The summed E-state index contributed by atoms with van der Waals surface area (Å²) >= 11 is 6.34. The average molecular weight is 277 g/mol. The first-order valence-electron chi connectivity index (χ1n) is 5.70. The first-order valence-corrected chi connectivity index (χ1v) is 6.13.